The standard InChI is InChI=1S/C48H93NO3/c1-3-5-7-9-11-13-14-15-16-17-18-19-20-21-22-23-24-25-26-27-28-29-30-31-32-33-34-36-38-40-42-44-48(52)49-46(45-50)47(51)43-41-39-37-35-12-10-8-6-4-2/h17-18,41,43,46-47,50-51H,3-16,19-40,42,44-45H2,1-2H3,(H,49,52)/b18-17-,43-41+. The molecule has 0 aromatic heterocycles. The lowest BCUT2D eigenvalue weighted by atomic mass is 10.0. The van der Waals surface area contributed by atoms with E-state index < -0.39 is 12.1 Å². The molecule has 0 saturated carbocycles. The molecule has 0 aromatic carbocycles. The van der Waals surface area contributed by atoms with Gasteiger partial charge in [-0.3, -0.25) is 4.79 Å². The van der Waals surface area contributed by atoms with Crippen molar-refractivity contribution in [2.45, 2.75) is 270 Å². The lowest BCUT2D eigenvalue weighted by Crippen LogP contribution is -2.45. The van der Waals surface area contributed by atoms with Crippen LogP contribution in [0.3, 0.4) is 0 Å². The van der Waals surface area contributed by atoms with Gasteiger partial charge in [-0.2, -0.15) is 0 Å². The summed E-state index contributed by atoms with van der Waals surface area (Å²) in [5.41, 5.74) is 0. The molecule has 308 valence electrons. The predicted octanol–water partition coefficient (Wildman–Crippen LogP) is 14.8. The number of unbranched alkanes of at least 4 members (excludes halogenated alkanes) is 34. The highest BCUT2D eigenvalue weighted by atomic mass is 16.3. The Morgan fingerprint density at radius 2 is 0.731 bits per heavy atom. The first-order valence-corrected chi connectivity index (χ1v) is 23.6. The number of rotatable bonds is 43. The Hall–Kier alpha value is -1.13. The van der Waals surface area contributed by atoms with E-state index in [4.69, 9.17) is 0 Å². The highest BCUT2D eigenvalue weighted by Gasteiger charge is 2.17. The van der Waals surface area contributed by atoms with Crippen molar-refractivity contribution >= 4 is 5.91 Å². The molecule has 0 saturated heterocycles. The summed E-state index contributed by atoms with van der Waals surface area (Å²) in [7, 11) is 0. The van der Waals surface area contributed by atoms with E-state index in [-0.39, 0.29) is 12.5 Å². The van der Waals surface area contributed by atoms with Crippen LogP contribution in [0.5, 0.6) is 0 Å². The van der Waals surface area contributed by atoms with Gasteiger partial charge in [0.2, 0.25) is 5.91 Å². The number of amides is 1. The van der Waals surface area contributed by atoms with Crippen LogP contribution in [-0.4, -0.2) is 34.9 Å². The minimum atomic E-state index is -0.833. The van der Waals surface area contributed by atoms with Crippen molar-refractivity contribution in [1.82, 2.24) is 5.32 Å². The number of carbonyl (C=O) groups is 1. The van der Waals surface area contributed by atoms with Crippen molar-refractivity contribution in [3.05, 3.63) is 24.3 Å². The van der Waals surface area contributed by atoms with Crippen LogP contribution < -0.4 is 5.32 Å². The smallest absolute Gasteiger partial charge is 0.220 e. The molecule has 0 aromatic rings. The lowest BCUT2D eigenvalue weighted by Gasteiger charge is -2.20. The Balaban J connectivity index is 3.39. The number of hydrogen-bond donors (Lipinski definition) is 3. The molecule has 0 aliphatic rings. The van der Waals surface area contributed by atoms with Gasteiger partial charge < -0.3 is 15.5 Å². The topological polar surface area (TPSA) is 69.6 Å². The van der Waals surface area contributed by atoms with Crippen molar-refractivity contribution < 1.29 is 15.0 Å². The Morgan fingerprint density at radius 1 is 0.442 bits per heavy atom. The molecule has 0 bridgehead atoms. The van der Waals surface area contributed by atoms with E-state index in [0.29, 0.717) is 6.42 Å². The van der Waals surface area contributed by atoms with Crippen LogP contribution in [0.15, 0.2) is 24.3 Å². The molecular weight excluding hydrogens is 639 g/mol. The molecule has 52 heavy (non-hydrogen) atoms. The zero-order chi connectivity index (χ0) is 37.8. The Labute approximate surface area is 326 Å². The molecule has 4 heteroatoms. The normalized spacial score (nSPS) is 13.1. The summed E-state index contributed by atoms with van der Waals surface area (Å²) in [6, 6.07) is -0.616. The molecule has 4 nitrogen and oxygen atoms in total. The number of nitrogens with one attached hydrogen (secondary N) is 1. The second kappa shape index (κ2) is 44.3. The van der Waals surface area contributed by atoms with Crippen molar-refractivity contribution in [3.8, 4) is 0 Å². The van der Waals surface area contributed by atoms with E-state index >= 15 is 0 Å². The van der Waals surface area contributed by atoms with Gasteiger partial charge in [-0.25, -0.2) is 0 Å². The van der Waals surface area contributed by atoms with Crippen molar-refractivity contribution in [2.24, 2.45) is 0 Å². The maximum atomic E-state index is 12.3. The molecular formula is C48H93NO3. The van der Waals surface area contributed by atoms with Gasteiger partial charge >= 0.3 is 0 Å². The molecule has 2 atom stereocenters. The van der Waals surface area contributed by atoms with Crippen molar-refractivity contribution in [1.29, 1.82) is 0 Å². The van der Waals surface area contributed by atoms with Gasteiger partial charge in [-0.05, 0) is 44.9 Å². The average Bonchev–Trinajstić information content (AvgIpc) is 3.15. The molecule has 0 spiro atoms. The first kappa shape index (κ1) is 50.9. The van der Waals surface area contributed by atoms with E-state index in [1.54, 1.807) is 6.08 Å². The number of allylic oxidation sites excluding steroid dienone is 3. The first-order chi connectivity index (χ1) is 25.7. The SMILES string of the molecule is CCCCCCCCC/C=C/C(O)C(CO)NC(=O)CCCCCCCCCCCCCCCCCCCCC/C=C\CCCCCCCCCC. The second-order valence-electron chi connectivity index (χ2n) is 16.2. The molecule has 0 aliphatic heterocycles. The average molecular weight is 732 g/mol. The van der Waals surface area contributed by atoms with Gasteiger partial charge in [0.25, 0.3) is 0 Å². The Morgan fingerprint density at radius 3 is 1.06 bits per heavy atom. The Kier molecular flexibility index (Phi) is 43.3. The fraction of sp³-hybridized carbons (Fsp3) is 0.896. The summed E-state index contributed by atoms with van der Waals surface area (Å²) in [4.78, 5) is 12.3. The van der Waals surface area contributed by atoms with E-state index in [2.05, 4.69) is 31.3 Å². The largest absolute Gasteiger partial charge is 0.394 e. The van der Waals surface area contributed by atoms with Crippen LogP contribution in [0.4, 0.5) is 0 Å². The maximum Gasteiger partial charge on any atom is 0.220 e. The number of carbonyl (C=O) groups excluding carboxylic acids is 1. The van der Waals surface area contributed by atoms with E-state index in [0.717, 1.165) is 25.7 Å². The summed E-state index contributed by atoms with van der Waals surface area (Å²) in [5.74, 6) is -0.0629. The van der Waals surface area contributed by atoms with Gasteiger partial charge in [0.1, 0.15) is 0 Å². The third-order valence-corrected chi connectivity index (χ3v) is 10.9. The predicted molar refractivity (Wildman–Crippen MR) is 230 cm³/mol. The molecule has 1 amide bonds. The zero-order valence-corrected chi connectivity index (χ0v) is 35.3. The third-order valence-electron chi connectivity index (χ3n) is 10.9. The summed E-state index contributed by atoms with van der Waals surface area (Å²) < 4.78 is 0. The van der Waals surface area contributed by atoms with Gasteiger partial charge in [0, 0.05) is 6.42 Å². The lowest BCUT2D eigenvalue weighted by molar-refractivity contribution is -0.123. The maximum absolute atomic E-state index is 12.3. The fourth-order valence-electron chi connectivity index (χ4n) is 7.29. The molecule has 0 radical (unpaired) electrons. The van der Waals surface area contributed by atoms with Gasteiger partial charge in [0.05, 0.1) is 18.8 Å². The highest BCUT2D eigenvalue weighted by Crippen LogP contribution is 2.16. The van der Waals surface area contributed by atoms with Crippen molar-refractivity contribution in [2.75, 3.05) is 6.61 Å². The third kappa shape index (κ3) is 40.1. The minimum absolute atomic E-state index is 0.0629. The molecule has 0 aliphatic carbocycles. The van der Waals surface area contributed by atoms with E-state index in [9.17, 15) is 15.0 Å². The van der Waals surface area contributed by atoms with Gasteiger partial charge in [-0.1, -0.05) is 231 Å². The van der Waals surface area contributed by atoms with Gasteiger partial charge in [-0.15, -0.1) is 0 Å². The zero-order valence-electron chi connectivity index (χ0n) is 35.3. The van der Waals surface area contributed by atoms with Gasteiger partial charge in [0.15, 0.2) is 0 Å². The van der Waals surface area contributed by atoms with Crippen LogP contribution in [0.2, 0.25) is 0 Å². The molecule has 3 N–H and O–H groups in total. The van der Waals surface area contributed by atoms with Crippen LogP contribution in [0.25, 0.3) is 0 Å². The van der Waals surface area contributed by atoms with Crippen LogP contribution >= 0.6 is 0 Å². The van der Waals surface area contributed by atoms with E-state index in [1.165, 1.54) is 212 Å². The molecule has 0 fully saturated rings. The minimum Gasteiger partial charge on any atom is -0.394 e. The number of aliphatic hydroxyl groups excluding tert-OH is 2. The molecule has 0 rings (SSSR count). The Bertz CT molecular complexity index is 750. The van der Waals surface area contributed by atoms with Crippen molar-refractivity contribution in [3.63, 3.8) is 0 Å². The fourth-order valence-corrected chi connectivity index (χ4v) is 7.29. The number of aliphatic hydroxyl groups is 2. The van der Waals surface area contributed by atoms with Crippen LogP contribution in [-0.2, 0) is 4.79 Å². The molecule has 0 heterocycles. The summed E-state index contributed by atoms with van der Waals surface area (Å²) in [6.07, 6.45) is 57.5. The quantitative estimate of drug-likeness (QED) is 0.0432. The number of hydrogen-bond acceptors (Lipinski definition) is 3. The second-order valence-corrected chi connectivity index (χ2v) is 16.2. The monoisotopic (exact) mass is 732 g/mol. The summed E-state index contributed by atoms with van der Waals surface area (Å²) in [5, 5.41) is 22.9. The highest BCUT2D eigenvalue weighted by molar-refractivity contribution is 5.76. The summed E-state index contributed by atoms with van der Waals surface area (Å²) in [6.45, 7) is 4.29. The summed E-state index contributed by atoms with van der Waals surface area (Å²) >= 11 is 0. The molecule has 2 unspecified atom stereocenters. The van der Waals surface area contributed by atoms with E-state index in [1.807, 2.05) is 6.08 Å². The first-order valence-electron chi connectivity index (χ1n) is 23.6. The van der Waals surface area contributed by atoms with Crippen LogP contribution in [0.1, 0.15) is 258 Å². The van der Waals surface area contributed by atoms with Crippen LogP contribution in [0, 0.1) is 0 Å².